The maximum Gasteiger partial charge on any atom is 0.230 e. The Morgan fingerprint density at radius 2 is 2.15 bits per heavy atom. The predicted octanol–water partition coefficient (Wildman–Crippen LogP) is 2.30. The van der Waals surface area contributed by atoms with Crippen molar-refractivity contribution in [1.82, 2.24) is 9.55 Å². The minimum Gasteiger partial charge on any atom is -0.274 e. The van der Waals surface area contributed by atoms with Crippen LogP contribution >= 0.6 is 22.6 Å². The monoisotopic (exact) mass is 286 g/mol. The third-order valence-corrected chi connectivity index (χ3v) is 2.56. The number of hydrogen-bond acceptors (Lipinski definition) is 2. The van der Waals surface area contributed by atoms with E-state index in [0.717, 1.165) is 11.0 Å². The van der Waals surface area contributed by atoms with Gasteiger partial charge in [-0.25, -0.2) is 4.98 Å². The van der Waals surface area contributed by atoms with E-state index in [9.17, 15) is 4.79 Å². The van der Waals surface area contributed by atoms with Gasteiger partial charge in [-0.1, -0.05) is 12.1 Å². The fourth-order valence-electron chi connectivity index (χ4n) is 1.30. The molecule has 0 N–H and O–H groups in total. The van der Waals surface area contributed by atoms with Crippen molar-refractivity contribution in [3.63, 3.8) is 0 Å². The molecule has 0 unspecified atom stereocenters. The number of carbonyl (C=O) groups is 1. The number of nitrogens with zero attached hydrogens (tertiary/aromatic N) is 2. The number of carbonyl (C=O) groups excluding carboxylic acids is 1. The van der Waals surface area contributed by atoms with Gasteiger partial charge in [0.25, 0.3) is 0 Å². The lowest BCUT2D eigenvalue weighted by Gasteiger charge is -1.97. The molecule has 0 radical (unpaired) electrons. The summed E-state index contributed by atoms with van der Waals surface area (Å²) in [7, 11) is 0. The summed E-state index contributed by atoms with van der Waals surface area (Å²) in [6.45, 7) is 1.54. The second kappa shape index (κ2) is 3.10. The molecule has 0 fully saturated rings. The van der Waals surface area contributed by atoms with Gasteiger partial charge in [0.2, 0.25) is 5.91 Å². The van der Waals surface area contributed by atoms with Crippen LogP contribution in [0.3, 0.4) is 0 Å². The van der Waals surface area contributed by atoms with Crippen molar-refractivity contribution in [1.29, 1.82) is 0 Å². The Kier molecular flexibility index (Phi) is 2.07. The van der Waals surface area contributed by atoms with Gasteiger partial charge in [0.15, 0.2) is 3.83 Å². The van der Waals surface area contributed by atoms with E-state index in [1.165, 1.54) is 6.92 Å². The first-order valence-corrected chi connectivity index (χ1v) is 4.92. The maximum absolute atomic E-state index is 11.3. The molecule has 66 valence electrons. The van der Waals surface area contributed by atoms with Crippen molar-refractivity contribution in [2.45, 2.75) is 6.92 Å². The summed E-state index contributed by atoms with van der Waals surface area (Å²) in [6.07, 6.45) is 0. The molecular weight excluding hydrogens is 279 g/mol. The highest BCUT2D eigenvalue weighted by Crippen LogP contribution is 2.16. The maximum atomic E-state index is 11.3. The minimum absolute atomic E-state index is 0.00176. The van der Waals surface area contributed by atoms with E-state index < -0.39 is 0 Å². The van der Waals surface area contributed by atoms with Crippen molar-refractivity contribution >= 4 is 39.5 Å². The van der Waals surface area contributed by atoms with Crippen LogP contribution in [0.2, 0.25) is 0 Å². The molecule has 0 saturated heterocycles. The second-order valence-electron chi connectivity index (χ2n) is 2.72. The lowest BCUT2D eigenvalue weighted by Crippen LogP contribution is -2.07. The van der Waals surface area contributed by atoms with Crippen LogP contribution in [-0.4, -0.2) is 15.5 Å². The first-order chi connectivity index (χ1) is 6.20. The molecule has 1 aromatic carbocycles. The van der Waals surface area contributed by atoms with Crippen LogP contribution in [0.5, 0.6) is 0 Å². The van der Waals surface area contributed by atoms with E-state index in [0.29, 0.717) is 3.83 Å². The second-order valence-corrected chi connectivity index (χ2v) is 3.69. The highest BCUT2D eigenvalue weighted by Gasteiger charge is 2.09. The van der Waals surface area contributed by atoms with Crippen LogP contribution in [0, 0.1) is 3.83 Å². The molecule has 1 heterocycles. The predicted molar refractivity (Wildman–Crippen MR) is 58.8 cm³/mol. The van der Waals surface area contributed by atoms with E-state index in [-0.39, 0.29) is 5.91 Å². The number of hydrogen-bond donors (Lipinski definition) is 0. The van der Waals surface area contributed by atoms with Gasteiger partial charge in [-0.3, -0.25) is 9.36 Å². The fourth-order valence-corrected chi connectivity index (χ4v) is 2.16. The molecule has 0 bridgehead atoms. The number of para-hydroxylation sites is 2. The Labute approximate surface area is 88.9 Å². The van der Waals surface area contributed by atoms with Gasteiger partial charge in [0.1, 0.15) is 0 Å². The third-order valence-electron chi connectivity index (χ3n) is 1.83. The molecule has 0 aliphatic carbocycles. The number of rotatable bonds is 0. The summed E-state index contributed by atoms with van der Waals surface area (Å²) in [5.74, 6) is -0.00176. The molecule has 0 amide bonds. The Hall–Kier alpha value is -0.910. The van der Waals surface area contributed by atoms with Crippen LogP contribution in [-0.2, 0) is 0 Å². The van der Waals surface area contributed by atoms with Gasteiger partial charge in [-0.05, 0) is 12.1 Å². The Bertz CT molecular complexity index is 475. The average Bonchev–Trinajstić information content (AvgIpc) is 2.39. The standard InChI is InChI=1S/C9H7IN2O/c1-6(13)12-8-5-3-2-4-7(8)11-9(12)10/h2-5H,1H3. The minimum atomic E-state index is -0.00176. The first-order valence-electron chi connectivity index (χ1n) is 3.84. The highest BCUT2D eigenvalue weighted by atomic mass is 127. The van der Waals surface area contributed by atoms with Crippen LogP contribution in [0.25, 0.3) is 11.0 Å². The molecule has 2 rings (SSSR count). The largest absolute Gasteiger partial charge is 0.274 e. The Morgan fingerprint density at radius 3 is 2.85 bits per heavy atom. The number of benzene rings is 1. The van der Waals surface area contributed by atoms with Gasteiger partial charge >= 0.3 is 0 Å². The molecule has 2 aromatic rings. The van der Waals surface area contributed by atoms with Gasteiger partial charge in [-0.2, -0.15) is 0 Å². The average molecular weight is 286 g/mol. The summed E-state index contributed by atoms with van der Waals surface area (Å²) >= 11 is 2.06. The molecular formula is C9H7IN2O. The SMILES string of the molecule is CC(=O)n1c(I)nc2ccccc21. The van der Waals surface area contributed by atoms with Gasteiger partial charge in [0.05, 0.1) is 11.0 Å². The van der Waals surface area contributed by atoms with E-state index in [1.807, 2.05) is 24.3 Å². The summed E-state index contributed by atoms with van der Waals surface area (Å²) in [6, 6.07) is 7.61. The van der Waals surface area contributed by atoms with Gasteiger partial charge in [-0.15, -0.1) is 0 Å². The normalized spacial score (nSPS) is 10.6. The van der Waals surface area contributed by atoms with E-state index >= 15 is 0 Å². The van der Waals surface area contributed by atoms with Gasteiger partial charge < -0.3 is 0 Å². The molecule has 0 saturated carbocycles. The summed E-state index contributed by atoms with van der Waals surface area (Å²) < 4.78 is 2.32. The van der Waals surface area contributed by atoms with E-state index in [4.69, 9.17) is 0 Å². The smallest absolute Gasteiger partial charge is 0.230 e. The molecule has 0 aliphatic rings. The molecule has 13 heavy (non-hydrogen) atoms. The van der Waals surface area contributed by atoms with Crippen LogP contribution < -0.4 is 0 Å². The quantitative estimate of drug-likeness (QED) is 0.696. The van der Waals surface area contributed by atoms with Crippen molar-refractivity contribution in [2.24, 2.45) is 0 Å². The molecule has 1 aromatic heterocycles. The lowest BCUT2D eigenvalue weighted by molar-refractivity contribution is 0.0938. The van der Waals surface area contributed by atoms with Gasteiger partial charge in [0, 0.05) is 29.5 Å². The van der Waals surface area contributed by atoms with Crippen LogP contribution in [0.4, 0.5) is 0 Å². The van der Waals surface area contributed by atoms with Crippen LogP contribution in [0.15, 0.2) is 24.3 Å². The summed E-state index contributed by atoms with van der Waals surface area (Å²) in [4.78, 5) is 15.5. The molecule has 4 heteroatoms. The van der Waals surface area contributed by atoms with Crippen molar-refractivity contribution in [2.75, 3.05) is 0 Å². The molecule has 0 spiro atoms. The highest BCUT2D eigenvalue weighted by molar-refractivity contribution is 14.1. The molecule has 3 nitrogen and oxygen atoms in total. The number of imidazole rings is 1. The zero-order chi connectivity index (χ0) is 9.42. The number of fused-ring (bicyclic) bond motifs is 1. The number of halogens is 1. The fraction of sp³-hybridized carbons (Fsp3) is 0.111. The topological polar surface area (TPSA) is 34.9 Å². The van der Waals surface area contributed by atoms with E-state index in [1.54, 1.807) is 4.57 Å². The summed E-state index contributed by atoms with van der Waals surface area (Å²) in [5, 5.41) is 0. The summed E-state index contributed by atoms with van der Waals surface area (Å²) in [5.41, 5.74) is 1.74. The number of aromatic nitrogens is 2. The zero-order valence-electron chi connectivity index (χ0n) is 6.99. The molecule has 0 atom stereocenters. The Balaban J connectivity index is 2.86. The van der Waals surface area contributed by atoms with Crippen molar-refractivity contribution in [3.8, 4) is 0 Å². The van der Waals surface area contributed by atoms with E-state index in [2.05, 4.69) is 27.6 Å². The van der Waals surface area contributed by atoms with Crippen LogP contribution in [0.1, 0.15) is 11.7 Å². The lowest BCUT2D eigenvalue weighted by atomic mass is 10.3. The molecule has 0 aliphatic heterocycles. The Morgan fingerprint density at radius 1 is 1.46 bits per heavy atom. The zero-order valence-corrected chi connectivity index (χ0v) is 9.15. The van der Waals surface area contributed by atoms with Crippen molar-refractivity contribution in [3.05, 3.63) is 28.1 Å². The first kappa shape index (κ1) is 8.68. The third kappa shape index (κ3) is 1.35. The van der Waals surface area contributed by atoms with Crippen molar-refractivity contribution < 1.29 is 4.79 Å².